The Morgan fingerprint density at radius 2 is 2.19 bits per heavy atom. The second kappa shape index (κ2) is 9.20. The van der Waals surface area contributed by atoms with Crippen molar-refractivity contribution >= 4 is 45.0 Å². The van der Waals surface area contributed by atoms with Crippen LogP contribution in [0.15, 0.2) is 17.4 Å². The number of hydrogen-bond donors (Lipinski definition) is 4. The zero-order valence-electron chi connectivity index (χ0n) is 18.1. The van der Waals surface area contributed by atoms with Gasteiger partial charge in [-0.1, -0.05) is 11.3 Å². The van der Waals surface area contributed by atoms with Crippen LogP contribution in [0.3, 0.4) is 0 Å². The number of hydrogen-bond acceptors (Lipinski definition) is 9. The van der Waals surface area contributed by atoms with Crippen molar-refractivity contribution in [3.05, 3.63) is 23.1 Å². The van der Waals surface area contributed by atoms with E-state index in [1.165, 1.54) is 22.0 Å². The smallest absolute Gasteiger partial charge is 0.277 e. The lowest BCUT2D eigenvalue weighted by Gasteiger charge is -2.26. The Balaban J connectivity index is 1.88. The number of carbonyl (C=O) groups is 1. The number of alkyl halides is 2. The van der Waals surface area contributed by atoms with Gasteiger partial charge in [-0.15, -0.1) is 0 Å². The van der Waals surface area contributed by atoms with E-state index < -0.39 is 30.8 Å². The maximum atomic E-state index is 14.3. The molecule has 2 aromatic rings. The zero-order chi connectivity index (χ0) is 23.6. The largest absolute Gasteiger partial charge is 0.404 e. The summed E-state index contributed by atoms with van der Waals surface area (Å²) in [4.78, 5) is 22.8. The fraction of sp³-hybridized carbons (Fsp3) is 0.474. The number of rotatable bonds is 5. The average Bonchev–Trinajstić information content (AvgIpc) is 3.23. The van der Waals surface area contributed by atoms with Crippen LogP contribution < -0.4 is 27.4 Å². The number of nitrogens with one attached hydrogen (secondary N) is 1. The van der Waals surface area contributed by atoms with Gasteiger partial charge in [-0.2, -0.15) is 5.10 Å². The number of aromatic nitrogens is 3. The summed E-state index contributed by atoms with van der Waals surface area (Å²) in [5.41, 5.74) is 19.0. The maximum Gasteiger partial charge on any atom is 0.277 e. The van der Waals surface area contributed by atoms with Crippen LogP contribution in [0.5, 0.6) is 0 Å². The molecule has 1 atom stereocenters. The van der Waals surface area contributed by atoms with Gasteiger partial charge in [0.1, 0.15) is 15.7 Å². The quantitative estimate of drug-likeness (QED) is 0.488. The first-order valence-electron chi connectivity index (χ1n) is 9.90. The summed E-state index contributed by atoms with van der Waals surface area (Å²) in [6.45, 7) is 1.55. The molecule has 1 aliphatic heterocycles. The van der Waals surface area contributed by atoms with Crippen molar-refractivity contribution in [3.8, 4) is 0 Å². The van der Waals surface area contributed by atoms with Crippen LogP contribution in [0.1, 0.15) is 35.3 Å². The number of aliphatic imine (C=N–C) groups is 1. The highest BCUT2D eigenvalue weighted by atomic mass is 32.1. The number of nitrogens with zero attached hydrogens (tertiary/aromatic N) is 5. The lowest BCUT2D eigenvalue weighted by Crippen LogP contribution is -2.37. The Labute approximate surface area is 188 Å². The van der Waals surface area contributed by atoms with E-state index in [4.69, 9.17) is 17.2 Å². The van der Waals surface area contributed by atoms with Crippen LogP contribution in [-0.2, 0) is 7.05 Å². The molecule has 0 radical (unpaired) electrons. The molecular weight excluding hydrogens is 440 g/mol. The number of nitrogen functional groups attached to an aromatic ring is 1. The Bertz CT molecular complexity index is 1060. The molecule has 1 fully saturated rings. The third kappa shape index (κ3) is 4.88. The minimum Gasteiger partial charge on any atom is -0.404 e. The number of nitrogens with two attached hydrogens (primary N) is 3. The molecule has 7 N–H and O–H groups in total. The van der Waals surface area contributed by atoms with E-state index >= 15 is 0 Å². The van der Waals surface area contributed by atoms with E-state index in [2.05, 4.69) is 20.4 Å². The summed E-state index contributed by atoms with van der Waals surface area (Å²) in [6.07, 6.45) is 2.76. The fourth-order valence-corrected chi connectivity index (χ4v) is 4.47. The van der Waals surface area contributed by atoms with Crippen LogP contribution in [0.2, 0.25) is 0 Å². The van der Waals surface area contributed by atoms with Crippen molar-refractivity contribution in [2.24, 2.45) is 23.5 Å². The van der Waals surface area contributed by atoms with Crippen molar-refractivity contribution in [2.45, 2.75) is 31.7 Å². The van der Waals surface area contributed by atoms with Crippen LogP contribution in [-0.4, -0.2) is 58.5 Å². The van der Waals surface area contributed by atoms with Gasteiger partial charge in [-0.05, 0) is 13.3 Å². The van der Waals surface area contributed by atoms with Gasteiger partial charge in [-0.25, -0.2) is 13.8 Å². The van der Waals surface area contributed by atoms with E-state index in [9.17, 15) is 13.6 Å². The fourth-order valence-electron chi connectivity index (χ4n) is 3.56. The first-order valence-corrected chi connectivity index (χ1v) is 10.7. The molecule has 1 aliphatic rings. The molecule has 0 aliphatic carbocycles. The molecule has 1 amide bonds. The number of halogens is 2. The van der Waals surface area contributed by atoms with Crippen molar-refractivity contribution in [1.29, 1.82) is 0 Å². The van der Waals surface area contributed by atoms with Crippen molar-refractivity contribution < 1.29 is 13.6 Å². The summed E-state index contributed by atoms with van der Waals surface area (Å²) < 4.78 is 30.1. The molecule has 0 bridgehead atoms. The number of amides is 1. The zero-order valence-corrected chi connectivity index (χ0v) is 18.9. The molecule has 0 saturated carbocycles. The van der Waals surface area contributed by atoms with Gasteiger partial charge in [0.2, 0.25) is 0 Å². The van der Waals surface area contributed by atoms with Crippen molar-refractivity contribution in [3.63, 3.8) is 0 Å². The van der Waals surface area contributed by atoms with E-state index in [0.717, 1.165) is 11.3 Å². The monoisotopic (exact) mass is 467 g/mol. The van der Waals surface area contributed by atoms with Gasteiger partial charge in [-0.3, -0.25) is 14.5 Å². The van der Waals surface area contributed by atoms with Crippen LogP contribution in [0.4, 0.5) is 25.3 Å². The molecule has 0 unspecified atom stereocenters. The summed E-state index contributed by atoms with van der Waals surface area (Å²) in [5, 5.41) is 7.48. The van der Waals surface area contributed by atoms with Crippen molar-refractivity contribution in [1.82, 2.24) is 14.8 Å². The standard InChI is InChI=1S/C19H27F2N9OS/c1-10(25-2)12(7-22)17-28-14(15(24)32-17)16(31)27-13-8-26-29(3)18(13)30-5-4-11(23)6-19(20,21)9-30/h7-8,11H,4-6,9,22-24H2,1-3H3,(H,27,31)/b12-7+,25-10?/t11-/m1/s1. The molecular formula is C19H27F2N9OS. The highest BCUT2D eigenvalue weighted by Crippen LogP contribution is 2.34. The predicted molar refractivity (Wildman–Crippen MR) is 123 cm³/mol. The number of anilines is 3. The molecule has 1 saturated heterocycles. The van der Waals surface area contributed by atoms with Gasteiger partial charge < -0.3 is 27.4 Å². The van der Waals surface area contributed by atoms with E-state index in [1.54, 1.807) is 21.0 Å². The molecule has 13 heteroatoms. The highest BCUT2D eigenvalue weighted by molar-refractivity contribution is 7.17. The number of carbonyl (C=O) groups excluding carboxylic acids is 1. The SMILES string of the molecule is CN=C(C)/C(=C\N)c1nc(C(=O)Nc2cnn(C)c2N2CC[C@@H](N)CC(F)(F)C2)c(N)s1. The van der Waals surface area contributed by atoms with Crippen LogP contribution in [0.25, 0.3) is 5.57 Å². The summed E-state index contributed by atoms with van der Waals surface area (Å²) in [5.74, 6) is -3.18. The Morgan fingerprint density at radius 1 is 1.47 bits per heavy atom. The lowest BCUT2D eigenvalue weighted by molar-refractivity contribution is -0.000526. The van der Waals surface area contributed by atoms with E-state index in [0.29, 0.717) is 35.1 Å². The second-order valence-electron chi connectivity index (χ2n) is 7.61. The normalized spacial score (nSPS) is 19.7. The van der Waals surface area contributed by atoms with Gasteiger partial charge in [0.05, 0.1) is 12.7 Å². The molecule has 0 aromatic carbocycles. The lowest BCUT2D eigenvalue weighted by atomic mass is 10.1. The molecule has 3 heterocycles. The summed E-state index contributed by atoms with van der Waals surface area (Å²) >= 11 is 1.10. The van der Waals surface area contributed by atoms with Crippen molar-refractivity contribution in [2.75, 3.05) is 36.1 Å². The number of aryl methyl sites for hydroxylation is 1. The van der Waals surface area contributed by atoms with Gasteiger partial charge >= 0.3 is 0 Å². The second-order valence-corrected chi connectivity index (χ2v) is 8.64. The molecule has 10 nitrogen and oxygen atoms in total. The summed E-state index contributed by atoms with van der Waals surface area (Å²) in [6, 6.07) is -0.602. The predicted octanol–water partition coefficient (Wildman–Crippen LogP) is 1.66. The average molecular weight is 468 g/mol. The molecule has 2 aromatic heterocycles. The van der Waals surface area contributed by atoms with Gasteiger partial charge in [0.25, 0.3) is 11.8 Å². The molecule has 0 spiro atoms. The van der Waals surface area contributed by atoms with Crippen LogP contribution >= 0.6 is 11.3 Å². The highest BCUT2D eigenvalue weighted by Gasteiger charge is 2.38. The minimum atomic E-state index is -2.96. The minimum absolute atomic E-state index is 0.00581. The molecule has 174 valence electrons. The Morgan fingerprint density at radius 3 is 2.84 bits per heavy atom. The number of thiazole rings is 1. The third-order valence-corrected chi connectivity index (χ3v) is 6.12. The van der Waals surface area contributed by atoms with Gasteiger partial charge in [0.15, 0.2) is 11.5 Å². The van der Waals surface area contributed by atoms with E-state index in [1.807, 2.05) is 0 Å². The van der Waals surface area contributed by atoms with Gasteiger partial charge in [0, 0.05) is 50.6 Å². The van der Waals surface area contributed by atoms with E-state index in [-0.39, 0.29) is 16.4 Å². The topological polar surface area (TPSA) is 153 Å². The van der Waals surface area contributed by atoms with Crippen LogP contribution in [0, 0.1) is 0 Å². The number of allylic oxidation sites excluding steroid dienone is 1. The molecule has 32 heavy (non-hydrogen) atoms. The third-order valence-electron chi connectivity index (χ3n) is 5.20. The Hall–Kier alpha value is -3.06. The Kier molecular flexibility index (Phi) is 6.79. The maximum absolute atomic E-state index is 14.3. The first-order chi connectivity index (χ1) is 15.1. The molecule has 3 rings (SSSR count). The summed E-state index contributed by atoms with van der Waals surface area (Å²) in [7, 11) is 3.24. The first kappa shape index (κ1) is 23.6.